The molecular weight excluding hydrogens is 448 g/mol. The lowest BCUT2D eigenvalue weighted by Crippen LogP contribution is -2.40. The molecule has 188 valence electrons. The molecule has 0 unspecified atom stereocenters. The lowest BCUT2D eigenvalue weighted by molar-refractivity contribution is 0.0988. The fraction of sp³-hybridized carbons (Fsp3) is 0.533. The zero-order valence-corrected chi connectivity index (χ0v) is 21.6. The molecule has 2 saturated heterocycles. The van der Waals surface area contributed by atoms with E-state index in [0.29, 0.717) is 10.8 Å². The van der Waals surface area contributed by atoms with Crippen LogP contribution in [0.4, 0.5) is 0 Å². The Bertz CT molecular complexity index is 1130. The zero-order valence-electron chi connectivity index (χ0n) is 21.6. The third-order valence-electron chi connectivity index (χ3n) is 9.68. The van der Waals surface area contributed by atoms with Crippen LogP contribution in [-0.2, 0) is 9.47 Å². The number of rotatable bonds is 0. The molecule has 0 N–H and O–H groups in total. The van der Waals surface area contributed by atoms with Crippen LogP contribution in [-0.4, -0.2) is 75.7 Å². The van der Waals surface area contributed by atoms with Gasteiger partial charge in [-0.1, -0.05) is 0 Å². The van der Waals surface area contributed by atoms with Crippen molar-refractivity contribution in [2.45, 2.75) is 38.5 Å². The van der Waals surface area contributed by atoms with Crippen LogP contribution >= 0.6 is 0 Å². The third-order valence-corrected chi connectivity index (χ3v) is 9.68. The Morgan fingerprint density at radius 1 is 0.667 bits per heavy atom. The van der Waals surface area contributed by atoms with E-state index in [-0.39, 0.29) is 0 Å². The van der Waals surface area contributed by atoms with E-state index < -0.39 is 0 Å². The van der Waals surface area contributed by atoms with E-state index >= 15 is 0 Å². The number of allylic oxidation sites excluding steroid dienone is 6. The largest absolute Gasteiger partial charge is 0.493 e. The van der Waals surface area contributed by atoms with Crippen molar-refractivity contribution < 1.29 is 9.47 Å². The summed E-state index contributed by atoms with van der Waals surface area (Å²) >= 11 is 0. The molecule has 0 aromatic heterocycles. The second-order valence-electron chi connectivity index (χ2n) is 11.8. The maximum atomic E-state index is 5.98. The standard InChI is InChI=1S/2C15H18N2O/c2*1-17-6-3-15(4-7-17)10-18-14-9-13-11(2-5-16-13)8-12(14)15/h2*2,5,9H,3-4,6-8,10H2,1H3. The van der Waals surface area contributed by atoms with Crippen LogP contribution in [0.25, 0.3) is 0 Å². The molecule has 2 aliphatic carbocycles. The van der Waals surface area contributed by atoms with E-state index in [2.05, 4.69) is 58.2 Å². The van der Waals surface area contributed by atoms with Crippen molar-refractivity contribution in [1.29, 1.82) is 0 Å². The monoisotopic (exact) mass is 484 g/mol. The Hall–Kier alpha value is -2.70. The van der Waals surface area contributed by atoms with Crippen LogP contribution in [0.2, 0.25) is 0 Å². The van der Waals surface area contributed by atoms with Crippen molar-refractivity contribution in [1.82, 2.24) is 9.80 Å². The van der Waals surface area contributed by atoms with Crippen LogP contribution in [0.1, 0.15) is 38.5 Å². The number of nitrogens with zero attached hydrogens (tertiary/aromatic N) is 4. The summed E-state index contributed by atoms with van der Waals surface area (Å²) in [6, 6.07) is 0. The molecule has 0 bridgehead atoms. The minimum Gasteiger partial charge on any atom is -0.493 e. The number of piperidine rings is 2. The summed E-state index contributed by atoms with van der Waals surface area (Å²) < 4.78 is 12.0. The van der Waals surface area contributed by atoms with Crippen molar-refractivity contribution in [2.24, 2.45) is 20.8 Å². The molecule has 0 amide bonds. The average molecular weight is 485 g/mol. The van der Waals surface area contributed by atoms with Gasteiger partial charge in [-0.05, 0) is 100 Å². The second kappa shape index (κ2) is 8.42. The summed E-state index contributed by atoms with van der Waals surface area (Å²) in [6.45, 7) is 6.51. The number of ether oxygens (including phenoxy) is 2. The van der Waals surface area contributed by atoms with E-state index in [0.717, 1.165) is 49.0 Å². The van der Waals surface area contributed by atoms with Crippen LogP contribution in [0.5, 0.6) is 0 Å². The molecule has 0 aromatic carbocycles. The number of likely N-dealkylation sites (tertiary alicyclic amines) is 2. The first-order valence-corrected chi connectivity index (χ1v) is 13.5. The Morgan fingerprint density at radius 3 is 1.50 bits per heavy atom. The molecular formula is C30H36N4O2. The number of fused-ring (bicyclic) bond motifs is 4. The highest BCUT2D eigenvalue weighted by Crippen LogP contribution is 2.52. The van der Waals surface area contributed by atoms with Gasteiger partial charge in [0.1, 0.15) is 11.5 Å². The van der Waals surface area contributed by atoms with Crippen LogP contribution in [0.15, 0.2) is 79.5 Å². The first-order valence-electron chi connectivity index (χ1n) is 13.5. The predicted octanol–water partition coefficient (Wildman–Crippen LogP) is 4.56. The molecule has 36 heavy (non-hydrogen) atoms. The van der Waals surface area contributed by atoms with Gasteiger partial charge in [-0.15, -0.1) is 0 Å². The van der Waals surface area contributed by atoms with Crippen molar-refractivity contribution >= 4 is 12.4 Å². The quantitative estimate of drug-likeness (QED) is 0.506. The highest BCUT2D eigenvalue weighted by atomic mass is 16.5. The highest BCUT2D eigenvalue weighted by molar-refractivity contribution is 5.81. The summed E-state index contributed by atoms with van der Waals surface area (Å²) in [4.78, 5) is 13.6. The summed E-state index contributed by atoms with van der Waals surface area (Å²) in [7, 11) is 4.42. The molecule has 6 nitrogen and oxygen atoms in total. The molecule has 0 saturated carbocycles. The van der Waals surface area contributed by atoms with Gasteiger partial charge in [-0.2, -0.15) is 0 Å². The first kappa shape index (κ1) is 22.5. The smallest absolute Gasteiger partial charge is 0.121 e. The SMILES string of the molecule is CN1CCC2(CC1)COC1=C2CC2=CC=NC2=C1.CN1CCC2(CC1)COC1=C2CC2=CC=NC2=C1. The second-order valence-corrected chi connectivity index (χ2v) is 11.8. The average Bonchev–Trinajstić information content (AvgIpc) is 3.68. The van der Waals surface area contributed by atoms with Gasteiger partial charge >= 0.3 is 0 Å². The fourth-order valence-electron chi connectivity index (χ4n) is 7.03. The molecule has 0 aromatic rings. The minimum atomic E-state index is 0.313. The molecule has 0 radical (unpaired) electrons. The fourth-order valence-corrected chi connectivity index (χ4v) is 7.03. The van der Waals surface area contributed by atoms with Gasteiger partial charge in [0.05, 0.1) is 24.6 Å². The Morgan fingerprint density at radius 2 is 1.08 bits per heavy atom. The molecule has 0 atom stereocenters. The molecule has 8 rings (SSSR count). The van der Waals surface area contributed by atoms with E-state index in [1.54, 1.807) is 0 Å². The maximum absolute atomic E-state index is 5.98. The summed E-state index contributed by atoms with van der Waals surface area (Å²) in [5.41, 5.74) is 8.67. The van der Waals surface area contributed by atoms with E-state index in [1.165, 1.54) is 74.2 Å². The highest BCUT2D eigenvalue weighted by Gasteiger charge is 2.46. The van der Waals surface area contributed by atoms with Crippen molar-refractivity contribution in [3.63, 3.8) is 0 Å². The van der Waals surface area contributed by atoms with E-state index in [9.17, 15) is 0 Å². The van der Waals surface area contributed by atoms with Gasteiger partial charge in [0.25, 0.3) is 0 Å². The Labute approximate surface area is 214 Å². The van der Waals surface area contributed by atoms with Gasteiger partial charge in [0.2, 0.25) is 0 Å². The molecule has 2 spiro atoms. The normalized spacial score (nSPS) is 28.9. The van der Waals surface area contributed by atoms with E-state index in [4.69, 9.17) is 9.47 Å². The Kier molecular flexibility index (Phi) is 5.26. The summed E-state index contributed by atoms with van der Waals surface area (Å²) in [5.74, 6) is 2.23. The molecule has 8 aliphatic rings. The van der Waals surface area contributed by atoms with Gasteiger partial charge in [-0.25, -0.2) is 0 Å². The van der Waals surface area contributed by atoms with Crippen molar-refractivity contribution in [2.75, 3.05) is 53.5 Å². The van der Waals surface area contributed by atoms with Gasteiger partial charge in [0.15, 0.2) is 0 Å². The first-order chi connectivity index (χ1) is 17.5. The zero-order chi connectivity index (χ0) is 24.3. The Balaban J connectivity index is 0.000000122. The van der Waals surface area contributed by atoms with Crippen LogP contribution in [0.3, 0.4) is 0 Å². The van der Waals surface area contributed by atoms with Crippen molar-refractivity contribution in [3.8, 4) is 0 Å². The van der Waals surface area contributed by atoms with Crippen LogP contribution in [0, 0.1) is 10.8 Å². The molecule has 6 heteroatoms. The van der Waals surface area contributed by atoms with Crippen molar-refractivity contribution in [3.05, 3.63) is 69.5 Å². The van der Waals surface area contributed by atoms with Gasteiger partial charge in [-0.3, -0.25) is 9.98 Å². The number of hydrogen-bond donors (Lipinski definition) is 0. The topological polar surface area (TPSA) is 49.7 Å². The van der Waals surface area contributed by atoms with Gasteiger partial charge in [0, 0.05) is 48.3 Å². The third kappa shape index (κ3) is 3.60. The summed E-state index contributed by atoms with van der Waals surface area (Å²) in [5, 5.41) is 0. The lowest BCUT2D eigenvalue weighted by atomic mass is 9.70. The lowest BCUT2D eigenvalue weighted by Gasteiger charge is -2.38. The molecule has 2 fully saturated rings. The summed E-state index contributed by atoms with van der Waals surface area (Å²) in [6.07, 6.45) is 19.4. The number of hydrogen-bond acceptors (Lipinski definition) is 6. The van der Waals surface area contributed by atoms with Crippen LogP contribution < -0.4 is 0 Å². The van der Waals surface area contributed by atoms with Gasteiger partial charge < -0.3 is 19.3 Å². The maximum Gasteiger partial charge on any atom is 0.121 e. The van der Waals surface area contributed by atoms with E-state index in [1.807, 2.05) is 12.4 Å². The molecule has 6 aliphatic heterocycles. The minimum absolute atomic E-state index is 0.313. The molecule has 6 heterocycles. The predicted molar refractivity (Wildman–Crippen MR) is 143 cm³/mol. The number of aliphatic imine (C=N–C) groups is 2.